The van der Waals surface area contributed by atoms with Crippen LogP contribution in [0.3, 0.4) is 0 Å². The number of alkyl carbamates (subject to hydrolysis) is 1. The van der Waals surface area contributed by atoms with Crippen molar-refractivity contribution in [3.8, 4) is 17.6 Å². The average Bonchev–Trinajstić information content (AvgIpc) is 2.62. The molecular formula is C20H21NO3. The summed E-state index contributed by atoms with van der Waals surface area (Å²) >= 11 is 0. The first-order valence-corrected chi connectivity index (χ1v) is 7.95. The molecule has 4 heteroatoms. The maximum atomic E-state index is 11.6. The molecular weight excluding hydrogens is 302 g/mol. The summed E-state index contributed by atoms with van der Waals surface area (Å²) in [5, 5.41) is 2.68. The van der Waals surface area contributed by atoms with E-state index in [0.29, 0.717) is 19.6 Å². The standard InChI is InChI=1S/C20H21NO3/c1-2-23-19-14-7-6-12-18(19)13-8-9-15-21-20(22)24-16-17-10-4-3-5-11-17/h3-7,10-12,14H,2,9,15-16H2,1H3,(H,21,22). The lowest BCUT2D eigenvalue weighted by molar-refractivity contribution is 0.140. The molecule has 0 saturated heterocycles. The lowest BCUT2D eigenvalue weighted by Gasteiger charge is -2.05. The van der Waals surface area contributed by atoms with Gasteiger partial charge in [0.1, 0.15) is 12.4 Å². The third-order valence-electron chi connectivity index (χ3n) is 3.14. The summed E-state index contributed by atoms with van der Waals surface area (Å²) in [5.41, 5.74) is 1.81. The van der Waals surface area contributed by atoms with Gasteiger partial charge in [-0.15, -0.1) is 0 Å². The van der Waals surface area contributed by atoms with Crippen molar-refractivity contribution in [2.24, 2.45) is 0 Å². The van der Waals surface area contributed by atoms with Crippen LogP contribution in [0.4, 0.5) is 4.79 Å². The van der Waals surface area contributed by atoms with E-state index in [1.807, 2.05) is 61.5 Å². The molecule has 0 aliphatic rings. The third-order valence-corrected chi connectivity index (χ3v) is 3.14. The highest BCUT2D eigenvalue weighted by Gasteiger charge is 2.01. The van der Waals surface area contributed by atoms with Crippen LogP contribution in [-0.4, -0.2) is 19.2 Å². The van der Waals surface area contributed by atoms with Gasteiger partial charge in [0.25, 0.3) is 0 Å². The first kappa shape index (κ1) is 17.4. The number of ether oxygens (including phenoxy) is 2. The summed E-state index contributed by atoms with van der Waals surface area (Å²) in [5.74, 6) is 6.87. The van der Waals surface area contributed by atoms with Gasteiger partial charge in [0.15, 0.2) is 0 Å². The molecule has 0 radical (unpaired) electrons. The van der Waals surface area contributed by atoms with E-state index in [9.17, 15) is 4.79 Å². The molecule has 124 valence electrons. The minimum Gasteiger partial charge on any atom is -0.493 e. The number of para-hydroxylation sites is 1. The first-order chi connectivity index (χ1) is 11.8. The first-order valence-electron chi connectivity index (χ1n) is 7.95. The molecule has 1 amide bonds. The van der Waals surface area contributed by atoms with Gasteiger partial charge in [-0.1, -0.05) is 54.3 Å². The minimum atomic E-state index is -0.435. The van der Waals surface area contributed by atoms with E-state index in [1.54, 1.807) is 0 Å². The van der Waals surface area contributed by atoms with Crippen molar-refractivity contribution < 1.29 is 14.3 Å². The smallest absolute Gasteiger partial charge is 0.407 e. The Balaban J connectivity index is 1.70. The number of hydrogen-bond donors (Lipinski definition) is 1. The van der Waals surface area contributed by atoms with E-state index in [4.69, 9.17) is 9.47 Å². The zero-order valence-corrected chi connectivity index (χ0v) is 13.7. The molecule has 4 nitrogen and oxygen atoms in total. The van der Waals surface area contributed by atoms with Gasteiger partial charge in [-0.05, 0) is 24.6 Å². The molecule has 0 spiro atoms. The van der Waals surface area contributed by atoms with Gasteiger partial charge in [-0.2, -0.15) is 0 Å². The largest absolute Gasteiger partial charge is 0.493 e. The highest BCUT2D eigenvalue weighted by Crippen LogP contribution is 2.16. The Hall–Kier alpha value is -2.93. The molecule has 1 N–H and O–H groups in total. The lowest BCUT2D eigenvalue weighted by atomic mass is 10.2. The molecule has 0 unspecified atom stereocenters. The number of hydrogen-bond acceptors (Lipinski definition) is 3. The molecule has 0 aromatic heterocycles. The number of carbonyl (C=O) groups excluding carboxylic acids is 1. The van der Waals surface area contributed by atoms with Gasteiger partial charge in [0.05, 0.1) is 12.2 Å². The molecule has 0 aliphatic heterocycles. The Morgan fingerprint density at radius 2 is 1.83 bits per heavy atom. The summed E-state index contributed by atoms with van der Waals surface area (Å²) in [4.78, 5) is 11.6. The van der Waals surface area contributed by atoms with Gasteiger partial charge in [0.2, 0.25) is 0 Å². The normalized spacial score (nSPS) is 9.54. The molecule has 2 rings (SSSR count). The molecule has 0 atom stereocenters. The average molecular weight is 323 g/mol. The zero-order valence-electron chi connectivity index (χ0n) is 13.7. The van der Waals surface area contributed by atoms with Crippen LogP contribution in [0.15, 0.2) is 54.6 Å². The number of nitrogens with one attached hydrogen (secondary N) is 1. The quantitative estimate of drug-likeness (QED) is 0.650. The second kappa shape index (κ2) is 9.96. The van der Waals surface area contributed by atoms with Crippen molar-refractivity contribution in [1.29, 1.82) is 0 Å². The van der Waals surface area contributed by atoms with Crippen LogP contribution in [-0.2, 0) is 11.3 Å². The second-order valence-electron chi connectivity index (χ2n) is 4.97. The molecule has 0 aliphatic carbocycles. The predicted octanol–water partition coefficient (Wildman–Crippen LogP) is 3.75. The second-order valence-corrected chi connectivity index (χ2v) is 4.97. The maximum Gasteiger partial charge on any atom is 0.407 e. The lowest BCUT2D eigenvalue weighted by Crippen LogP contribution is -2.24. The van der Waals surface area contributed by atoms with Crippen molar-refractivity contribution in [2.75, 3.05) is 13.2 Å². The SMILES string of the molecule is CCOc1ccccc1C#CCCNC(=O)OCc1ccccc1. The molecule has 0 bridgehead atoms. The fourth-order valence-electron chi connectivity index (χ4n) is 2.01. The van der Waals surface area contributed by atoms with E-state index < -0.39 is 6.09 Å². The zero-order chi connectivity index (χ0) is 17.0. The highest BCUT2D eigenvalue weighted by atomic mass is 16.5. The summed E-state index contributed by atoms with van der Waals surface area (Å²) in [6.45, 7) is 3.25. The molecule has 24 heavy (non-hydrogen) atoms. The number of rotatable bonds is 6. The number of benzene rings is 2. The molecule has 2 aromatic carbocycles. The molecule has 2 aromatic rings. The predicted molar refractivity (Wildman–Crippen MR) is 93.7 cm³/mol. The number of carbonyl (C=O) groups is 1. The molecule has 0 heterocycles. The fraction of sp³-hybridized carbons (Fsp3) is 0.250. The van der Waals surface area contributed by atoms with Crippen LogP contribution in [0, 0.1) is 11.8 Å². The van der Waals surface area contributed by atoms with E-state index in [-0.39, 0.29) is 6.61 Å². The Labute approximate surface area is 142 Å². The van der Waals surface area contributed by atoms with Gasteiger partial charge in [-0.25, -0.2) is 4.79 Å². The summed E-state index contributed by atoms with van der Waals surface area (Å²) in [6, 6.07) is 17.2. The topological polar surface area (TPSA) is 47.6 Å². The Morgan fingerprint density at radius 1 is 1.08 bits per heavy atom. The van der Waals surface area contributed by atoms with E-state index >= 15 is 0 Å². The number of amides is 1. The van der Waals surface area contributed by atoms with Gasteiger partial charge in [0, 0.05) is 13.0 Å². The van der Waals surface area contributed by atoms with E-state index in [0.717, 1.165) is 16.9 Å². The third kappa shape index (κ3) is 6.05. The van der Waals surface area contributed by atoms with Crippen molar-refractivity contribution >= 4 is 6.09 Å². The van der Waals surface area contributed by atoms with Crippen LogP contribution < -0.4 is 10.1 Å². The Bertz CT molecular complexity index is 702. The minimum absolute atomic E-state index is 0.264. The van der Waals surface area contributed by atoms with E-state index in [1.165, 1.54) is 0 Å². The fourth-order valence-corrected chi connectivity index (χ4v) is 2.01. The summed E-state index contributed by atoms with van der Waals surface area (Å²) in [6.07, 6.45) is 0.108. The van der Waals surface area contributed by atoms with Crippen molar-refractivity contribution in [2.45, 2.75) is 20.0 Å². The van der Waals surface area contributed by atoms with Crippen LogP contribution >= 0.6 is 0 Å². The van der Waals surface area contributed by atoms with Crippen LogP contribution in [0.5, 0.6) is 5.75 Å². The van der Waals surface area contributed by atoms with Crippen molar-refractivity contribution in [1.82, 2.24) is 5.32 Å². The van der Waals surface area contributed by atoms with Gasteiger partial charge in [-0.3, -0.25) is 0 Å². The van der Waals surface area contributed by atoms with Crippen molar-refractivity contribution in [3.63, 3.8) is 0 Å². The summed E-state index contributed by atoms with van der Waals surface area (Å²) in [7, 11) is 0. The van der Waals surface area contributed by atoms with Gasteiger partial charge < -0.3 is 14.8 Å². The monoisotopic (exact) mass is 323 g/mol. The highest BCUT2D eigenvalue weighted by molar-refractivity contribution is 5.67. The Morgan fingerprint density at radius 3 is 2.62 bits per heavy atom. The van der Waals surface area contributed by atoms with Crippen LogP contribution in [0.2, 0.25) is 0 Å². The van der Waals surface area contributed by atoms with Crippen molar-refractivity contribution in [3.05, 3.63) is 65.7 Å². The Kier molecular flexibility index (Phi) is 7.23. The van der Waals surface area contributed by atoms with Gasteiger partial charge >= 0.3 is 6.09 Å². The van der Waals surface area contributed by atoms with Crippen LogP contribution in [0.25, 0.3) is 0 Å². The van der Waals surface area contributed by atoms with Crippen LogP contribution in [0.1, 0.15) is 24.5 Å². The molecule has 0 fully saturated rings. The summed E-state index contributed by atoms with van der Waals surface area (Å²) < 4.78 is 10.6. The van der Waals surface area contributed by atoms with E-state index in [2.05, 4.69) is 17.2 Å². The maximum absolute atomic E-state index is 11.6. The molecule has 0 saturated carbocycles.